The molecular formula is C15H18. The normalized spacial score (nSPS) is 11.3. The molecule has 2 rings (SSSR count). The van der Waals surface area contributed by atoms with Gasteiger partial charge in [0.1, 0.15) is 0 Å². The van der Waals surface area contributed by atoms with Gasteiger partial charge in [-0.1, -0.05) is 55.3 Å². The van der Waals surface area contributed by atoms with Gasteiger partial charge < -0.3 is 0 Å². The first kappa shape index (κ1) is 10.2. The summed E-state index contributed by atoms with van der Waals surface area (Å²) in [7, 11) is 0. The van der Waals surface area contributed by atoms with Crippen LogP contribution in [0, 0.1) is 13.8 Å². The van der Waals surface area contributed by atoms with Gasteiger partial charge in [0.05, 0.1) is 0 Å². The van der Waals surface area contributed by atoms with Gasteiger partial charge in [-0.2, -0.15) is 0 Å². The van der Waals surface area contributed by atoms with Gasteiger partial charge in [0.2, 0.25) is 0 Å². The van der Waals surface area contributed by atoms with E-state index < -0.39 is 0 Å². The third-order valence-corrected chi connectivity index (χ3v) is 2.91. The van der Waals surface area contributed by atoms with Crippen LogP contribution in [0.1, 0.15) is 36.5 Å². The van der Waals surface area contributed by atoms with Crippen molar-refractivity contribution in [2.24, 2.45) is 0 Å². The smallest absolute Gasteiger partial charge is 0.0146 e. The van der Waals surface area contributed by atoms with Gasteiger partial charge in [-0.25, -0.2) is 0 Å². The predicted molar refractivity (Wildman–Crippen MR) is 67.5 cm³/mol. The summed E-state index contributed by atoms with van der Waals surface area (Å²) in [4.78, 5) is 0. The third-order valence-electron chi connectivity index (χ3n) is 2.91. The summed E-state index contributed by atoms with van der Waals surface area (Å²) in [6.45, 7) is 8.85. The van der Waals surface area contributed by atoms with E-state index in [1.807, 2.05) is 0 Å². The lowest BCUT2D eigenvalue weighted by molar-refractivity contribution is 0.874. The summed E-state index contributed by atoms with van der Waals surface area (Å²) in [5.74, 6) is 0.592. The van der Waals surface area contributed by atoms with Crippen molar-refractivity contribution in [3.63, 3.8) is 0 Å². The van der Waals surface area contributed by atoms with Crippen LogP contribution in [0.2, 0.25) is 0 Å². The highest BCUT2D eigenvalue weighted by Gasteiger charge is 2.06. The maximum atomic E-state index is 2.31. The largest absolute Gasteiger partial charge is 0.0587 e. The van der Waals surface area contributed by atoms with Gasteiger partial charge in [0.25, 0.3) is 0 Å². The van der Waals surface area contributed by atoms with E-state index in [1.165, 1.54) is 27.5 Å². The van der Waals surface area contributed by atoms with Crippen LogP contribution in [0.5, 0.6) is 0 Å². The van der Waals surface area contributed by atoms with E-state index in [-0.39, 0.29) is 0 Å². The zero-order valence-corrected chi connectivity index (χ0v) is 9.96. The van der Waals surface area contributed by atoms with Crippen LogP contribution in [0.25, 0.3) is 10.8 Å². The molecule has 78 valence electrons. The minimum Gasteiger partial charge on any atom is -0.0587 e. The average Bonchev–Trinajstić information content (AvgIpc) is 2.17. The van der Waals surface area contributed by atoms with E-state index >= 15 is 0 Å². The maximum Gasteiger partial charge on any atom is -0.0146 e. The Labute approximate surface area is 91.9 Å². The summed E-state index contributed by atoms with van der Waals surface area (Å²) >= 11 is 0. The van der Waals surface area contributed by atoms with E-state index in [4.69, 9.17) is 0 Å². The Bertz CT molecular complexity index is 493. The fourth-order valence-electron chi connectivity index (χ4n) is 2.13. The van der Waals surface area contributed by atoms with Gasteiger partial charge in [-0.15, -0.1) is 0 Å². The number of fused-ring (bicyclic) bond motifs is 1. The summed E-state index contributed by atoms with van der Waals surface area (Å²) in [6.07, 6.45) is 0. The Balaban J connectivity index is 2.81. The second-order valence-electron chi connectivity index (χ2n) is 4.73. The van der Waals surface area contributed by atoms with Gasteiger partial charge in [0, 0.05) is 0 Å². The number of hydrogen-bond donors (Lipinski definition) is 0. The molecule has 0 unspecified atom stereocenters. The van der Waals surface area contributed by atoms with Gasteiger partial charge in [0.15, 0.2) is 0 Å². The van der Waals surface area contributed by atoms with Crippen LogP contribution < -0.4 is 0 Å². The van der Waals surface area contributed by atoms with Crippen LogP contribution in [0.15, 0.2) is 30.3 Å². The molecular weight excluding hydrogens is 180 g/mol. The molecule has 0 bridgehead atoms. The van der Waals surface area contributed by atoms with Crippen molar-refractivity contribution in [1.29, 1.82) is 0 Å². The van der Waals surface area contributed by atoms with E-state index in [0.717, 1.165) is 0 Å². The summed E-state index contributed by atoms with van der Waals surface area (Å²) in [6, 6.07) is 11.3. The molecule has 2 aromatic rings. The van der Waals surface area contributed by atoms with Crippen molar-refractivity contribution in [2.75, 3.05) is 0 Å². The zero-order chi connectivity index (χ0) is 11.0. The zero-order valence-electron chi connectivity index (χ0n) is 9.96. The first-order valence-corrected chi connectivity index (χ1v) is 5.59. The molecule has 0 heteroatoms. The Morgan fingerprint density at radius 1 is 0.867 bits per heavy atom. The minimum absolute atomic E-state index is 0.592. The lowest BCUT2D eigenvalue weighted by Crippen LogP contribution is -1.91. The average molecular weight is 198 g/mol. The van der Waals surface area contributed by atoms with Crippen LogP contribution in [-0.2, 0) is 0 Å². The highest BCUT2D eigenvalue weighted by molar-refractivity contribution is 5.87. The molecule has 0 N–H and O–H groups in total. The highest BCUT2D eigenvalue weighted by Crippen LogP contribution is 2.27. The molecule has 0 aliphatic heterocycles. The molecule has 0 amide bonds. The quantitative estimate of drug-likeness (QED) is 0.629. The SMILES string of the molecule is Cc1cc(C(C)C)c2cc(C)ccc2c1. The van der Waals surface area contributed by atoms with Crippen molar-refractivity contribution in [3.8, 4) is 0 Å². The Kier molecular flexibility index (Phi) is 2.52. The number of aryl methyl sites for hydroxylation is 2. The molecule has 15 heavy (non-hydrogen) atoms. The molecule has 0 heterocycles. The fourth-order valence-corrected chi connectivity index (χ4v) is 2.13. The summed E-state index contributed by atoms with van der Waals surface area (Å²) in [5.41, 5.74) is 4.16. The van der Waals surface area contributed by atoms with Gasteiger partial charge >= 0.3 is 0 Å². The van der Waals surface area contributed by atoms with Crippen LogP contribution in [0.4, 0.5) is 0 Å². The van der Waals surface area contributed by atoms with Crippen molar-refractivity contribution in [2.45, 2.75) is 33.6 Å². The van der Waals surface area contributed by atoms with Crippen LogP contribution in [0.3, 0.4) is 0 Å². The molecule has 0 saturated carbocycles. The van der Waals surface area contributed by atoms with Crippen LogP contribution in [-0.4, -0.2) is 0 Å². The molecule has 0 saturated heterocycles. The molecule has 0 spiro atoms. The second-order valence-corrected chi connectivity index (χ2v) is 4.73. The van der Waals surface area contributed by atoms with Crippen molar-refractivity contribution in [3.05, 3.63) is 47.0 Å². The monoisotopic (exact) mass is 198 g/mol. The molecule has 0 nitrogen and oxygen atoms in total. The number of hydrogen-bond acceptors (Lipinski definition) is 0. The topological polar surface area (TPSA) is 0 Å². The summed E-state index contributed by atoms with van der Waals surface area (Å²) in [5, 5.41) is 2.78. The molecule has 0 aliphatic rings. The van der Waals surface area contributed by atoms with Crippen molar-refractivity contribution in [1.82, 2.24) is 0 Å². The van der Waals surface area contributed by atoms with Crippen LogP contribution >= 0.6 is 0 Å². The molecule has 0 aliphatic carbocycles. The van der Waals surface area contributed by atoms with E-state index in [0.29, 0.717) is 5.92 Å². The van der Waals surface area contributed by atoms with E-state index in [2.05, 4.69) is 58.0 Å². The lowest BCUT2D eigenvalue weighted by atomic mass is 9.93. The number of benzene rings is 2. The van der Waals surface area contributed by atoms with Crippen molar-refractivity contribution >= 4 is 10.8 Å². The molecule has 0 aromatic heterocycles. The molecule has 0 fully saturated rings. The van der Waals surface area contributed by atoms with E-state index in [1.54, 1.807) is 0 Å². The van der Waals surface area contributed by atoms with Gasteiger partial charge in [-0.05, 0) is 36.1 Å². The first-order valence-electron chi connectivity index (χ1n) is 5.59. The predicted octanol–water partition coefficient (Wildman–Crippen LogP) is 4.58. The Hall–Kier alpha value is -1.30. The number of rotatable bonds is 1. The molecule has 2 aromatic carbocycles. The Morgan fingerprint density at radius 2 is 1.60 bits per heavy atom. The minimum atomic E-state index is 0.592. The molecule has 0 radical (unpaired) electrons. The Morgan fingerprint density at radius 3 is 2.27 bits per heavy atom. The van der Waals surface area contributed by atoms with Crippen molar-refractivity contribution < 1.29 is 0 Å². The summed E-state index contributed by atoms with van der Waals surface area (Å²) < 4.78 is 0. The fraction of sp³-hybridized carbons (Fsp3) is 0.333. The first-order chi connectivity index (χ1) is 7.08. The highest BCUT2D eigenvalue weighted by atomic mass is 14.1. The lowest BCUT2D eigenvalue weighted by Gasteiger charge is -2.12. The van der Waals surface area contributed by atoms with E-state index in [9.17, 15) is 0 Å². The van der Waals surface area contributed by atoms with Gasteiger partial charge in [-0.3, -0.25) is 0 Å². The second kappa shape index (κ2) is 3.69. The molecule has 0 atom stereocenters. The standard InChI is InChI=1S/C15H18/c1-10(2)14-9-12(4)7-13-6-5-11(3)8-15(13)14/h5-10H,1-4H3. The maximum absolute atomic E-state index is 2.31. The third kappa shape index (κ3) is 1.90.